The maximum absolute atomic E-state index is 12.2. The Balaban J connectivity index is 2.74. The van der Waals surface area contributed by atoms with E-state index >= 15 is 0 Å². The molecule has 1 aromatic carbocycles. The molecule has 0 aliphatic carbocycles. The Morgan fingerprint density at radius 2 is 2.00 bits per heavy atom. The summed E-state index contributed by atoms with van der Waals surface area (Å²) >= 11 is 0. The zero-order chi connectivity index (χ0) is 13.4. The summed E-state index contributed by atoms with van der Waals surface area (Å²) in [6.45, 7) is 3.05. The predicted molar refractivity (Wildman–Crippen MR) is 66.2 cm³/mol. The monoisotopic (exact) mass is 259 g/mol. The van der Waals surface area contributed by atoms with Crippen molar-refractivity contribution in [1.29, 1.82) is 0 Å². The third kappa shape index (κ3) is 4.87. The molecule has 0 unspecified atom stereocenters. The molecule has 0 atom stereocenters. The summed E-state index contributed by atoms with van der Waals surface area (Å²) < 4.78 is 34.1. The van der Waals surface area contributed by atoms with E-state index in [1.54, 1.807) is 19.1 Å². The van der Waals surface area contributed by atoms with Crippen LogP contribution in [0.1, 0.15) is 25.8 Å². The maximum Gasteiger partial charge on any atom is 0.387 e. The predicted octanol–water partition coefficient (Wildman–Crippen LogP) is 3.19. The highest BCUT2D eigenvalue weighted by Crippen LogP contribution is 2.29. The number of halogens is 2. The van der Waals surface area contributed by atoms with Gasteiger partial charge in [0.25, 0.3) is 0 Å². The van der Waals surface area contributed by atoms with Gasteiger partial charge in [-0.15, -0.1) is 0 Å². The lowest BCUT2D eigenvalue weighted by atomic mass is 10.2. The molecule has 0 saturated heterocycles. The Morgan fingerprint density at radius 3 is 2.61 bits per heavy atom. The minimum Gasteiger partial charge on any atom is -0.490 e. The first-order valence-corrected chi connectivity index (χ1v) is 6.08. The summed E-state index contributed by atoms with van der Waals surface area (Å²) in [6, 6.07) is 4.99. The van der Waals surface area contributed by atoms with Crippen LogP contribution in [0.2, 0.25) is 0 Å². The van der Waals surface area contributed by atoms with Gasteiger partial charge >= 0.3 is 6.61 Å². The van der Waals surface area contributed by atoms with E-state index in [-0.39, 0.29) is 5.75 Å². The molecular formula is C13H19F2NO2. The van der Waals surface area contributed by atoms with E-state index in [4.69, 9.17) is 4.74 Å². The third-order valence-corrected chi connectivity index (χ3v) is 2.28. The second kappa shape index (κ2) is 7.87. The van der Waals surface area contributed by atoms with Crippen molar-refractivity contribution in [2.24, 2.45) is 0 Å². The Kier molecular flexibility index (Phi) is 6.43. The van der Waals surface area contributed by atoms with Gasteiger partial charge in [0.05, 0.1) is 6.61 Å². The number of rotatable bonds is 8. The Labute approximate surface area is 106 Å². The molecule has 0 saturated carbocycles. The molecule has 0 fully saturated rings. The highest BCUT2D eigenvalue weighted by atomic mass is 19.3. The molecule has 0 heterocycles. The second-order valence-corrected chi connectivity index (χ2v) is 3.77. The first-order valence-electron chi connectivity index (χ1n) is 6.08. The van der Waals surface area contributed by atoms with Crippen molar-refractivity contribution in [3.63, 3.8) is 0 Å². The van der Waals surface area contributed by atoms with Crippen LogP contribution < -0.4 is 14.8 Å². The van der Waals surface area contributed by atoms with Crippen molar-refractivity contribution >= 4 is 0 Å². The van der Waals surface area contributed by atoms with Crippen LogP contribution in [-0.2, 0) is 6.54 Å². The number of ether oxygens (including phenoxy) is 2. The zero-order valence-corrected chi connectivity index (χ0v) is 10.7. The molecule has 0 radical (unpaired) electrons. The van der Waals surface area contributed by atoms with E-state index in [0.717, 1.165) is 18.5 Å². The Hall–Kier alpha value is -1.36. The van der Waals surface area contributed by atoms with Crippen molar-refractivity contribution in [3.8, 4) is 11.5 Å². The fourth-order valence-electron chi connectivity index (χ4n) is 1.53. The van der Waals surface area contributed by atoms with Gasteiger partial charge in [-0.2, -0.15) is 8.78 Å². The molecule has 1 aromatic rings. The summed E-state index contributed by atoms with van der Waals surface area (Å²) in [4.78, 5) is 0. The number of hydrogen-bond donors (Lipinski definition) is 1. The van der Waals surface area contributed by atoms with Gasteiger partial charge in [-0.25, -0.2) is 0 Å². The number of nitrogens with one attached hydrogen (secondary N) is 1. The molecule has 0 spiro atoms. The zero-order valence-electron chi connectivity index (χ0n) is 10.7. The van der Waals surface area contributed by atoms with Crippen LogP contribution >= 0.6 is 0 Å². The van der Waals surface area contributed by atoms with Gasteiger partial charge in [-0.1, -0.05) is 13.0 Å². The minimum absolute atomic E-state index is 0.0751. The standard InChI is InChI=1S/C13H19F2NO2/c1-3-7-16-9-10-5-6-11(18-13(14)15)12(8-10)17-4-2/h5-6,8,13,16H,3-4,7,9H2,1-2H3. The number of hydrogen-bond acceptors (Lipinski definition) is 3. The molecule has 3 nitrogen and oxygen atoms in total. The van der Waals surface area contributed by atoms with Crippen LogP contribution in [0, 0.1) is 0 Å². The highest BCUT2D eigenvalue weighted by Gasteiger charge is 2.11. The molecular weight excluding hydrogens is 240 g/mol. The molecule has 0 bridgehead atoms. The fraction of sp³-hybridized carbons (Fsp3) is 0.538. The first kappa shape index (κ1) is 14.7. The molecule has 1 rings (SSSR count). The average molecular weight is 259 g/mol. The van der Waals surface area contributed by atoms with E-state index in [1.807, 2.05) is 0 Å². The lowest BCUT2D eigenvalue weighted by molar-refractivity contribution is -0.0514. The summed E-state index contributed by atoms with van der Waals surface area (Å²) in [5.74, 6) is 0.430. The Morgan fingerprint density at radius 1 is 1.22 bits per heavy atom. The van der Waals surface area contributed by atoms with Gasteiger partial charge in [-0.3, -0.25) is 0 Å². The molecule has 102 valence electrons. The van der Waals surface area contributed by atoms with Crippen LogP contribution in [0.15, 0.2) is 18.2 Å². The summed E-state index contributed by atoms with van der Waals surface area (Å²) in [5, 5.41) is 3.24. The Bertz CT molecular complexity index is 359. The molecule has 0 amide bonds. The summed E-state index contributed by atoms with van der Waals surface area (Å²) in [7, 11) is 0. The van der Waals surface area contributed by atoms with Crippen molar-refractivity contribution in [3.05, 3.63) is 23.8 Å². The average Bonchev–Trinajstić information content (AvgIpc) is 2.32. The van der Waals surface area contributed by atoms with Crippen molar-refractivity contribution in [2.75, 3.05) is 13.2 Å². The fourth-order valence-corrected chi connectivity index (χ4v) is 1.53. The molecule has 18 heavy (non-hydrogen) atoms. The molecule has 1 N–H and O–H groups in total. The van der Waals surface area contributed by atoms with Crippen molar-refractivity contribution in [1.82, 2.24) is 5.32 Å². The van der Waals surface area contributed by atoms with E-state index in [0.29, 0.717) is 18.9 Å². The van der Waals surface area contributed by atoms with E-state index in [1.165, 1.54) is 6.07 Å². The van der Waals surface area contributed by atoms with Gasteiger partial charge in [0.1, 0.15) is 0 Å². The lowest BCUT2D eigenvalue weighted by Gasteiger charge is -2.13. The topological polar surface area (TPSA) is 30.5 Å². The lowest BCUT2D eigenvalue weighted by Crippen LogP contribution is -2.14. The second-order valence-electron chi connectivity index (χ2n) is 3.77. The third-order valence-electron chi connectivity index (χ3n) is 2.28. The van der Waals surface area contributed by atoms with Crippen LogP contribution in [0.4, 0.5) is 8.78 Å². The molecule has 0 aromatic heterocycles. The van der Waals surface area contributed by atoms with Gasteiger partial charge in [0, 0.05) is 6.54 Å². The largest absolute Gasteiger partial charge is 0.490 e. The summed E-state index contributed by atoms with van der Waals surface area (Å²) in [5.41, 5.74) is 0.980. The van der Waals surface area contributed by atoms with Crippen molar-refractivity contribution < 1.29 is 18.3 Å². The molecule has 0 aliphatic heterocycles. The smallest absolute Gasteiger partial charge is 0.387 e. The molecule has 0 aliphatic rings. The molecule has 5 heteroatoms. The highest BCUT2D eigenvalue weighted by molar-refractivity contribution is 5.43. The van der Waals surface area contributed by atoms with Gasteiger partial charge in [-0.05, 0) is 37.6 Å². The quantitative estimate of drug-likeness (QED) is 0.727. The minimum atomic E-state index is -2.84. The van der Waals surface area contributed by atoms with E-state index < -0.39 is 6.61 Å². The maximum atomic E-state index is 12.2. The SMILES string of the molecule is CCCNCc1ccc(OC(F)F)c(OCC)c1. The first-order chi connectivity index (χ1) is 8.67. The normalized spacial score (nSPS) is 10.7. The van der Waals surface area contributed by atoms with Gasteiger partial charge in [0.2, 0.25) is 0 Å². The van der Waals surface area contributed by atoms with Gasteiger partial charge in [0.15, 0.2) is 11.5 Å². The number of benzene rings is 1. The van der Waals surface area contributed by atoms with Crippen LogP contribution in [-0.4, -0.2) is 19.8 Å². The van der Waals surface area contributed by atoms with Crippen LogP contribution in [0.25, 0.3) is 0 Å². The van der Waals surface area contributed by atoms with Crippen molar-refractivity contribution in [2.45, 2.75) is 33.4 Å². The van der Waals surface area contributed by atoms with E-state index in [9.17, 15) is 8.78 Å². The number of alkyl halides is 2. The van der Waals surface area contributed by atoms with Crippen LogP contribution in [0.3, 0.4) is 0 Å². The van der Waals surface area contributed by atoms with E-state index in [2.05, 4.69) is 17.0 Å². The van der Waals surface area contributed by atoms with Crippen LogP contribution in [0.5, 0.6) is 11.5 Å². The van der Waals surface area contributed by atoms with Gasteiger partial charge < -0.3 is 14.8 Å². The summed E-state index contributed by atoms with van der Waals surface area (Å²) in [6.07, 6.45) is 1.05.